The van der Waals surface area contributed by atoms with Crippen molar-refractivity contribution >= 4 is 47.1 Å². The molecule has 0 aliphatic heterocycles. The van der Waals surface area contributed by atoms with Crippen LogP contribution in [0.1, 0.15) is 120 Å². The molecule has 16 nitrogen and oxygen atoms in total. The molecule has 16 heteroatoms. The maximum absolute atomic E-state index is 14.7. The van der Waals surface area contributed by atoms with Gasteiger partial charge in [-0.15, -0.1) is 0 Å². The second-order valence-electron chi connectivity index (χ2n) is 20.5. The van der Waals surface area contributed by atoms with E-state index in [9.17, 15) is 39.0 Å². The molecule has 68 heavy (non-hydrogen) atoms. The minimum absolute atomic E-state index is 0.0131. The number of primary amides is 1. The molecular weight excluding hydrogens is 867 g/mol. The zero-order valence-electron chi connectivity index (χ0n) is 40.0. The van der Waals surface area contributed by atoms with Crippen molar-refractivity contribution in [1.29, 1.82) is 0 Å². The van der Waals surface area contributed by atoms with Gasteiger partial charge in [-0.25, -0.2) is 9.59 Å². The maximum Gasteiger partial charge on any atom is 0.408 e. The van der Waals surface area contributed by atoms with Gasteiger partial charge in [0.1, 0.15) is 18.4 Å². The lowest BCUT2D eigenvalue weighted by Crippen LogP contribution is -2.60. The van der Waals surface area contributed by atoms with Gasteiger partial charge in [0, 0.05) is 17.9 Å². The van der Waals surface area contributed by atoms with Crippen molar-refractivity contribution in [2.24, 2.45) is 28.4 Å². The summed E-state index contributed by atoms with van der Waals surface area (Å²) in [6, 6.07) is 15.6. The molecule has 366 valence electrons. The summed E-state index contributed by atoms with van der Waals surface area (Å²) in [5.74, 6) is -1.18. The highest BCUT2D eigenvalue weighted by Gasteiger charge is 2.58. The van der Waals surface area contributed by atoms with Crippen LogP contribution in [0.25, 0.3) is 0 Å². The highest BCUT2D eigenvalue weighted by molar-refractivity contribution is 6.01. The van der Waals surface area contributed by atoms with Gasteiger partial charge >= 0.3 is 12.1 Å². The Bertz CT molecular complexity index is 2410. The number of carbonyl (C=O) groups excluding carboxylic acids is 6. The van der Waals surface area contributed by atoms with Crippen LogP contribution in [0.15, 0.2) is 60.7 Å². The number of hydrogen-bond donors (Lipinski definition) is 9. The Kier molecular flexibility index (Phi) is 14.9. The van der Waals surface area contributed by atoms with E-state index >= 15 is 0 Å². The maximum atomic E-state index is 14.7. The fraction of sp³-hybridized carbons (Fsp3) is 0.538. The number of amides is 7. The number of anilines is 2. The fourth-order valence-corrected chi connectivity index (χ4v) is 12.5. The Labute approximate surface area is 398 Å². The zero-order valence-corrected chi connectivity index (χ0v) is 40.0. The number of nitrogens with one attached hydrogen (secondary N) is 6. The van der Waals surface area contributed by atoms with Gasteiger partial charge in [-0.3, -0.25) is 24.5 Å². The number of aryl methyl sites for hydroxylation is 2. The number of nitrogens with two attached hydrogens (primary N) is 1. The Hall–Kier alpha value is -6.00. The van der Waals surface area contributed by atoms with Crippen LogP contribution in [0.2, 0.25) is 0 Å². The molecule has 4 aliphatic carbocycles. The smallest absolute Gasteiger partial charge is 0.408 e. The molecule has 0 spiro atoms. The number of aliphatic hydroxyl groups is 1. The van der Waals surface area contributed by atoms with Crippen LogP contribution in [-0.2, 0) is 54.2 Å². The molecule has 3 aromatic carbocycles. The Morgan fingerprint density at radius 3 is 1.85 bits per heavy atom. The minimum atomic E-state index is -1.32. The van der Waals surface area contributed by atoms with Gasteiger partial charge in [-0.2, -0.15) is 0 Å². The second-order valence-corrected chi connectivity index (χ2v) is 20.5. The lowest BCUT2D eigenvalue weighted by molar-refractivity contribution is -0.150. The van der Waals surface area contributed by atoms with E-state index in [4.69, 9.17) is 10.5 Å². The van der Waals surface area contributed by atoms with Crippen LogP contribution in [0.5, 0.6) is 5.75 Å². The number of imide groups is 1. The largest absolute Gasteiger partial charge is 0.508 e. The average Bonchev–Trinajstić information content (AvgIpc) is 3.30. The highest BCUT2D eigenvalue weighted by atomic mass is 16.5. The van der Waals surface area contributed by atoms with Crippen molar-refractivity contribution in [2.75, 3.05) is 30.8 Å². The molecule has 2 saturated carbocycles. The molecule has 0 aromatic heterocycles. The predicted molar refractivity (Wildman–Crippen MR) is 258 cm³/mol. The normalized spacial score (nSPS) is 26.7. The number of carbonyl (C=O) groups is 6. The number of alkyl carbamates (subject to hydrolysis) is 1. The summed E-state index contributed by atoms with van der Waals surface area (Å²) < 4.78 is 5.36. The molecule has 7 rings (SSSR count). The number of benzene rings is 3. The van der Waals surface area contributed by atoms with E-state index < -0.39 is 53.0 Å². The zero-order chi connectivity index (χ0) is 49.0. The van der Waals surface area contributed by atoms with Gasteiger partial charge in [0.25, 0.3) is 0 Å². The van der Waals surface area contributed by atoms with Crippen molar-refractivity contribution in [2.45, 2.75) is 134 Å². The van der Waals surface area contributed by atoms with Gasteiger partial charge in [0.15, 0.2) is 0 Å². The standard InChI is InChI=1S/C52H69N7O9/c1-49-22-7-24-51(3,45(64)59-46(65)52(4)25-8-23-50(2)38-28-36(61)19-13-33(38)15-21-42(50)52)41(49)20-14-32-12-18-35(27-37(32)49)57-44(63)40(29-60)58-48(67)68-30-31-10-16-34(17-11-31)56-43(62)39(54-5)9-6-26-55-47(53)66/h10-13,16-19,27-28,39-42,54,60-61H,6-9,14-15,20-26,29-30H2,1-5H3,(H,56,62)(H,57,63)(H,58,67)(H3,53,55,66)(H,59,64,65)/t39-,40-,41+,42+,49+,50+,51-,52-/m0/s1. The Balaban J connectivity index is 0.947. The third-order valence-electron chi connectivity index (χ3n) is 16.2. The van der Waals surface area contributed by atoms with Gasteiger partial charge in [-0.1, -0.05) is 64.8 Å². The third-order valence-corrected chi connectivity index (χ3v) is 16.2. The van der Waals surface area contributed by atoms with E-state index in [1.807, 2.05) is 38.1 Å². The molecule has 0 bridgehead atoms. The number of fused-ring (bicyclic) bond motifs is 6. The lowest BCUT2D eigenvalue weighted by Gasteiger charge is -2.56. The first-order valence-corrected chi connectivity index (χ1v) is 24.1. The molecule has 0 unspecified atom stereocenters. The van der Waals surface area contributed by atoms with Crippen LogP contribution in [0.3, 0.4) is 0 Å². The van der Waals surface area contributed by atoms with Crippen LogP contribution in [0.4, 0.5) is 21.0 Å². The monoisotopic (exact) mass is 936 g/mol. The number of likely N-dealkylation sites (N-methyl/N-ethyl adjacent to an activating group) is 1. The number of rotatable bonds is 15. The first-order valence-electron chi connectivity index (χ1n) is 24.1. The SMILES string of the molecule is CN[C@@H](CCCNC(N)=O)C(=O)Nc1ccc(COC(=O)N[C@@H](CO)C(=O)Nc2ccc3c(c2)[C@@]2(C)CCC[C@](C)(C(=O)NC(=O)[C@@]4(C)CCC[C@]5(C)c6cc(O)ccc6CC[C@@H]45)[C@@H]2CC3)cc1. The number of urea groups is 1. The first kappa shape index (κ1) is 49.9. The highest BCUT2D eigenvalue weighted by Crippen LogP contribution is 2.60. The van der Waals surface area contributed by atoms with Crippen LogP contribution >= 0.6 is 0 Å². The van der Waals surface area contributed by atoms with Gasteiger partial charge < -0.3 is 47.3 Å². The van der Waals surface area contributed by atoms with Crippen molar-refractivity contribution in [1.82, 2.24) is 21.3 Å². The lowest BCUT2D eigenvalue weighted by atomic mass is 9.49. The molecular formula is C52H69N7O9. The number of aliphatic hydroxyl groups excluding tert-OH is 1. The second kappa shape index (κ2) is 20.3. The van der Waals surface area contributed by atoms with E-state index in [-0.39, 0.29) is 47.3 Å². The Morgan fingerprint density at radius 2 is 1.28 bits per heavy atom. The van der Waals surface area contributed by atoms with E-state index in [1.54, 1.807) is 43.4 Å². The summed E-state index contributed by atoms with van der Waals surface area (Å²) in [7, 11) is 1.67. The molecule has 10 N–H and O–H groups in total. The van der Waals surface area contributed by atoms with Crippen molar-refractivity contribution in [3.8, 4) is 5.75 Å². The van der Waals surface area contributed by atoms with E-state index in [1.165, 1.54) is 5.56 Å². The van der Waals surface area contributed by atoms with Crippen molar-refractivity contribution in [3.63, 3.8) is 0 Å². The molecule has 2 fully saturated rings. The minimum Gasteiger partial charge on any atom is -0.508 e. The van der Waals surface area contributed by atoms with Gasteiger partial charge in [0.2, 0.25) is 23.6 Å². The summed E-state index contributed by atoms with van der Waals surface area (Å²) in [5.41, 5.74) is 8.90. The summed E-state index contributed by atoms with van der Waals surface area (Å²) in [6.07, 6.45) is 7.95. The number of ether oxygens (including phenoxy) is 1. The number of phenols is 1. The number of aromatic hydroxyl groups is 1. The third kappa shape index (κ3) is 10.1. The summed E-state index contributed by atoms with van der Waals surface area (Å²) in [5, 5.41) is 37.2. The molecule has 0 heterocycles. The van der Waals surface area contributed by atoms with Crippen LogP contribution in [-0.4, -0.2) is 78.2 Å². The summed E-state index contributed by atoms with van der Waals surface area (Å²) in [6.45, 7) is 7.97. The quantitative estimate of drug-likeness (QED) is 0.0639. The van der Waals surface area contributed by atoms with Gasteiger partial charge in [0.05, 0.1) is 23.5 Å². The molecule has 0 saturated heterocycles. The first-order chi connectivity index (χ1) is 32.3. The molecule has 0 radical (unpaired) electrons. The molecule has 7 amide bonds. The number of phenolic OH excluding ortho intramolecular Hbond substituents is 1. The Morgan fingerprint density at radius 1 is 0.735 bits per heavy atom. The number of hydrogen-bond acceptors (Lipinski definition) is 10. The van der Waals surface area contributed by atoms with E-state index in [0.29, 0.717) is 49.2 Å². The van der Waals surface area contributed by atoms with Crippen LogP contribution < -0.4 is 37.6 Å². The topological polar surface area (TPSA) is 250 Å². The van der Waals surface area contributed by atoms with Crippen molar-refractivity contribution in [3.05, 3.63) is 88.5 Å². The predicted octanol–water partition coefficient (Wildman–Crippen LogP) is 5.96. The fourth-order valence-electron chi connectivity index (χ4n) is 12.5. The summed E-state index contributed by atoms with van der Waals surface area (Å²) >= 11 is 0. The molecule has 8 atom stereocenters. The molecule has 3 aromatic rings. The summed E-state index contributed by atoms with van der Waals surface area (Å²) in [4.78, 5) is 79.2. The van der Waals surface area contributed by atoms with E-state index in [0.717, 1.165) is 68.1 Å². The van der Waals surface area contributed by atoms with Crippen LogP contribution in [0, 0.1) is 22.7 Å². The van der Waals surface area contributed by atoms with Crippen molar-refractivity contribution < 1.29 is 43.7 Å². The average molecular weight is 936 g/mol. The molecule has 4 aliphatic rings. The van der Waals surface area contributed by atoms with E-state index in [2.05, 4.69) is 45.7 Å². The van der Waals surface area contributed by atoms with Gasteiger partial charge in [-0.05, 0) is 158 Å².